The maximum atomic E-state index is 12.4. The molecule has 0 aliphatic carbocycles. The molecule has 0 radical (unpaired) electrons. The number of anilines is 1. The van der Waals surface area contributed by atoms with Crippen LogP contribution in [0.5, 0.6) is 0 Å². The molecule has 4 aromatic rings. The van der Waals surface area contributed by atoms with E-state index in [-0.39, 0.29) is 5.91 Å². The van der Waals surface area contributed by atoms with Crippen molar-refractivity contribution in [1.29, 1.82) is 10.5 Å². The van der Waals surface area contributed by atoms with Crippen LogP contribution >= 0.6 is 0 Å². The summed E-state index contributed by atoms with van der Waals surface area (Å²) >= 11 is 0. The van der Waals surface area contributed by atoms with Crippen molar-refractivity contribution in [1.82, 2.24) is 29.7 Å². The summed E-state index contributed by atoms with van der Waals surface area (Å²) in [6.07, 6.45) is 3.47. The van der Waals surface area contributed by atoms with Crippen LogP contribution in [0.2, 0.25) is 0 Å². The lowest BCUT2D eigenvalue weighted by molar-refractivity contribution is -0.121. The van der Waals surface area contributed by atoms with Gasteiger partial charge in [-0.1, -0.05) is 18.2 Å². The third-order valence-corrected chi connectivity index (χ3v) is 5.95. The van der Waals surface area contributed by atoms with E-state index in [0.717, 1.165) is 22.6 Å². The predicted octanol–water partition coefficient (Wildman–Crippen LogP) is 2.54. The van der Waals surface area contributed by atoms with Crippen LogP contribution in [-0.4, -0.2) is 36.8 Å². The highest BCUT2D eigenvalue weighted by Crippen LogP contribution is 2.21. The number of aryl methyl sites for hydroxylation is 3. The summed E-state index contributed by atoms with van der Waals surface area (Å²) in [6, 6.07) is 13.7. The fourth-order valence-corrected chi connectivity index (χ4v) is 4.10. The molecule has 4 rings (SSSR count). The summed E-state index contributed by atoms with van der Waals surface area (Å²) in [7, 11) is 0. The third kappa shape index (κ3) is 4.68. The molecule has 3 aromatic heterocycles. The Kier molecular flexibility index (Phi) is 6.74. The summed E-state index contributed by atoms with van der Waals surface area (Å²) in [5.41, 5.74) is 11.5. The van der Waals surface area contributed by atoms with Crippen LogP contribution in [0.15, 0.2) is 36.5 Å². The minimum Gasteiger partial charge on any atom is -0.382 e. The number of para-hydroxylation sites is 1. The van der Waals surface area contributed by atoms with Crippen LogP contribution in [0.1, 0.15) is 46.6 Å². The van der Waals surface area contributed by atoms with Crippen molar-refractivity contribution in [2.24, 2.45) is 0 Å². The molecule has 176 valence electrons. The molecular weight excluding hydrogens is 442 g/mol. The van der Waals surface area contributed by atoms with E-state index in [4.69, 9.17) is 5.73 Å². The Morgan fingerprint density at radius 2 is 1.91 bits per heavy atom. The Hall–Kier alpha value is -4.70. The summed E-state index contributed by atoms with van der Waals surface area (Å²) in [6.45, 7) is 4.25. The molecule has 1 amide bonds. The van der Waals surface area contributed by atoms with Crippen LogP contribution in [-0.2, 0) is 17.6 Å². The number of nitrogens with zero attached hydrogens (tertiary/aromatic N) is 7. The Morgan fingerprint density at radius 1 is 1.14 bits per heavy atom. The van der Waals surface area contributed by atoms with Gasteiger partial charge in [0.1, 0.15) is 29.1 Å². The number of hydrogen-bond acceptors (Lipinski definition) is 7. The number of amides is 1. The standard InChI is InChI=1S/C25H25N9O/c1-16-20(17(2)33-25(31-16)18(13-26)15-30-33)10-11-23(35)29-12-6-9-22-21(14-27)24(28)34(32-22)19-7-4-3-5-8-19/h3-5,7-8,15H,6,9-12,28H2,1-2H3,(H,29,35). The molecule has 3 heterocycles. The molecule has 10 heteroatoms. The minimum atomic E-state index is -0.0723. The van der Waals surface area contributed by atoms with Crippen LogP contribution < -0.4 is 11.1 Å². The molecular formula is C25H25N9O. The van der Waals surface area contributed by atoms with Crippen molar-refractivity contribution in [2.75, 3.05) is 12.3 Å². The molecule has 0 bridgehead atoms. The SMILES string of the molecule is Cc1nc2c(C#N)cnn2c(C)c1CCC(=O)NCCCc1nn(-c2ccccc2)c(N)c1C#N. The summed E-state index contributed by atoms with van der Waals surface area (Å²) < 4.78 is 3.22. The number of fused-ring (bicyclic) bond motifs is 1. The summed E-state index contributed by atoms with van der Waals surface area (Å²) in [5, 5.41) is 30.4. The number of carbonyl (C=O) groups is 1. The molecule has 0 atom stereocenters. The van der Waals surface area contributed by atoms with E-state index in [1.807, 2.05) is 44.2 Å². The van der Waals surface area contributed by atoms with Gasteiger partial charge in [-0.05, 0) is 50.8 Å². The van der Waals surface area contributed by atoms with Crippen molar-refractivity contribution in [3.63, 3.8) is 0 Å². The normalized spacial score (nSPS) is 10.7. The Bertz CT molecular complexity index is 1470. The van der Waals surface area contributed by atoms with Gasteiger partial charge in [0.15, 0.2) is 5.65 Å². The number of rotatable bonds is 8. The van der Waals surface area contributed by atoms with Gasteiger partial charge in [-0.3, -0.25) is 4.79 Å². The van der Waals surface area contributed by atoms with Gasteiger partial charge in [0.2, 0.25) is 5.91 Å². The third-order valence-electron chi connectivity index (χ3n) is 5.95. The quantitative estimate of drug-likeness (QED) is 0.378. The Labute approximate surface area is 202 Å². The average Bonchev–Trinajstić information content (AvgIpc) is 3.42. The van der Waals surface area contributed by atoms with Gasteiger partial charge in [0.25, 0.3) is 0 Å². The number of hydrogen-bond donors (Lipinski definition) is 2. The van der Waals surface area contributed by atoms with E-state index < -0.39 is 0 Å². The van der Waals surface area contributed by atoms with E-state index in [1.54, 1.807) is 9.20 Å². The van der Waals surface area contributed by atoms with Crippen molar-refractivity contribution in [2.45, 2.75) is 39.5 Å². The van der Waals surface area contributed by atoms with E-state index in [1.165, 1.54) is 6.20 Å². The lowest BCUT2D eigenvalue weighted by Crippen LogP contribution is -2.25. The Balaban J connectivity index is 1.32. The fourth-order valence-electron chi connectivity index (χ4n) is 4.10. The van der Waals surface area contributed by atoms with Gasteiger partial charge < -0.3 is 11.1 Å². The highest BCUT2D eigenvalue weighted by Gasteiger charge is 2.17. The van der Waals surface area contributed by atoms with Gasteiger partial charge in [-0.25, -0.2) is 14.2 Å². The topological polar surface area (TPSA) is 151 Å². The first-order chi connectivity index (χ1) is 16.9. The molecule has 0 saturated carbocycles. The molecule has 0 spiro atoms. The molecule has 1 aromatic carbocycles. The molecule has 3 N–H and O–H groups in total. The smallest absolute Gasteiger partial charge is 0.220 e. The number of nitriles is 2. The number of nitrogen functional groups attached to an aromatic ring is 1. The van der Waals surface area contributed by atoms with Crippen molar-refractivity contribution in [3.05, 3.63) is 70.3 Å². The van der Waals surface area contributed by atoms with Gasteiger partial charge in [-0.2, -0.15) is 20.7 Å². The van der Waals surface area contributed by atoms with E-state index in [0.29, 0.717) is 60.5 Å². The fraction of sp³-hybridized carbons (Fsp3) is 0.280. The van der Waals surface area contributed by atoms with E-state index in [2.05, 4.69) is 32.6 Å². The summed E-state index contributed by atoms with van der Waals surface area (Å²) in [5.74, 6) is 0.241. The lowest BCUT2D eigenvalue weighted by Gasteiger charge is -2.11. The second-order valence-corrected chi connectivity index (χ2v) is 8.19. The molecule has 35 heavy (non-hydrogen) atoms. The Morgan fingerprint density at radius 3 is 2.63 bits per heavy atom. The lowest BCUT2D eigenvalue weighted by atomic mass is 10.1. The van der Waals surface area contributed by atoms with Crippen molar-refractivity contribution < 1.29 is 4.79 Å². The molecule has 0 saturated heterocycles. The minimum absolute atomic E-state index is 0.0723. The first kappa shape index (κ1) is 23.5. The molecule has 10 nitrogen and oxygen atoms in total. The number of benzene rings is 1. The van der Waals surface area contributed by atoms with E-state index >= 15 is 0 Å². The molecule has 0 aliphatic heterocycles. The maximum Gasteiger partial charge on any atom is 0.220 e. The van der Waals surface area contributed by atoms with Crippen molar-refractivity contribution >= 4 is 17.4 Å². The zero-order valence-electron chi connectivity index (χ0n) is 19.6. The van der Waals surface area contributed by atoms with Crippen LogP contribution in [0, 0.1) is 36.5 Å². The number of aromatic nitrogens is 5. The van der Waals surface area contributed by atoms with Gasteiger partial charge in [0, 0.05) is 24.4 Å². The zero-order chi connectivity index (χ0) is 24.9. The molecule has 0 unspecified atom stereocenters. The van der Waals surface area contributed by atoms with Crippen LogP contribution in [0.3, 0.4) is 0 Å². The number of nitrogens with two attached hydrogens (primary N) is 1. The van der Waals surface area contributed by atoms with Gasteiger partial charge in [-0.15, -0.1) is 0 Å². The summed E-state index contributed by atoms with van der Waals surface area (Å²) in [4.78, 5) is 16.9. The van der Waals surface area contributed by atoms with Gasteiger partial charge in [0.05, 0.1) is 17.6 Å². The average molecular weight is 468 g/mol. The second-order valence-electron chi connectivity index (χ2n) is 8.19. The first-order valence-corrected chi connectivity index (χ1v) is 11.3. The monoisotopic (exact) mass is 467 g/mol. The zero-order valence-corrected chi connectivity index (χ0v) is 19.6. The van der Waals surface area contributed by atoms with E-state index in [9.17, 15) is 15.3 Å². The highest BCUT2D eigenvalue weighted by atomic mass is 16.1. The number of nitrogens with one attached hydrogen (secondary N) is 1. The maximum absolute atomic E-state index is 12.4. The van der Waals surface area contributed by atoms with Crippen molar-refractivity contribution in [3.8, 4) is 17.8 Å². The molecule has 0 aliphatic rings. The predicted molar refractivity (Wildman–Crippen MR) is 130 cm³/mol. The number of carbonyl (C=O) groups excluding carboxylic acids is 1. The van der Waals surface area contributed by atoms with Crippen LogP contribution in [0.25, 0.3) is 11.3 Å². The largest absolute Gasteiger partial charge is 0.382 e. The van der Waals surface area contributed by atoms with Gasteiger partial charge >= 0.3 is 0 Å². The second kappa shape index (κ2) is 10.1. The molecule has 0 fully saturated rings. The van der Waals surface area contributed by atoms with Crippen LogP contribution in [0.4, 0.5) is 5.82 Å². The first-order valence-electron chi connectivity index (χ1n) is 11.3. The highest BCUT2D eigenvalue weighted by molar-refractivity contribution is 5.76.